The molecule has 0 bridgehead atoms. The van der Waals surface area contributed by atoms with Gasteiger partial charge in [0, 0.05) is 23.0 Å². The van der Waals surface area contributed by atoms with Crippen molar-refractivity contribution in [1.82, 2.24) is 4.90 Å². The van der Waals surface area contributed by atoms with Gasteiger partial charge in [0.15, 0.2) is 0 Å². The van der Waals surface area contributed by atoms with Gasteiger partial charge in [-0.1, -0.05) is 35.9 Å². The van der Waals surface area contributed by atoms with Crippen LogP contribution in [0, 0.1) is 11.6 Å². The number of rotatable bonds is 6. The van der Waals surface area contributed by atoms with E-state index in [9.17, 15) is 13.6 Å². The molecule has 1 aliphatic rings. The minimum Gasteiger partial charge on any atom is -0.335 e. The molecule has 1 fully saturated rings. The predicted octanol–water partition coefficient (Wildman–Crippen LogP) is 4.74. The highest BCUT2D eigenvalue weighted by molar-refractivity contribution is 6.31. The molecular weight excluding hydrogens is 332 g/mol. The summed E-state index contributed by atoms with van der Waals surface area (Å²) in [4.78, 5) is 14.2. The quantitative estimate of drug-likeness (QED) is 0.737. The molecule has 0 heterocycles. The van der Waals surface area contributed by atoms with Crippen LogP contribution in [-0.2, 0) is 17.8 Å². The van der Waals surface area contributed by atoms with Crippen LogP contribution in [0.2, 0.25) is 5.02 Å². The van der Waals surface area contributed by atoms with Gasteiger partial charge in [0.05, 0.1) is 6.54 Å². The summed E-state index contributed by atoms with van der Waals surface area (Å²) >= 11 is 6.07. The Bertz CT molecular complexity index is 726. The van der Waals surface area contributed by atoms with Crippen molar-refractivity contribution >= 4 is 17.5 Å². The molecular formula is C19H18ClF2NO. The second-order valence-corrected chi connectivity index (χ2v) is 6.45. The molecule has 5 heteroatoms. The SMILES string of the molecule is O=C(CCc1ccccc1F)N(Cc1c(F)cccc1Cl)C1CC1. The maximum absolute atomic E-state index is 14.0. The Morgan fingerprint density at radius 3 is 2.46 bits per heavy atom. The topological polar surface area (TPSA) is 20.3 Å². The van der Waals surface area contributed by atoms with Gasteiger partial charge in [0.2, 0.25) is 5.91 Å². The summed E-state index contributed by atoms with van der Waals surface area (Å²) in [5.74, 6) is -0.810. The lowest BCUT2D eigenvalue weighted by Crippen LogP contribution is -2.33. The molecule has 2 aromatic rings. The summed E-state index contributed by atoms with van der Waals surface area (Å²) < 4.78 is 27.7. The molecule has 1 amide bonds. The zero-order valence-corrected chi connectivity index (χ0v) is 13.9. The first-order chi connectivity index (χ1) is 11.6. The zero-order valence-electron chi connectivity index (χ0n) is 13.1. The Labute approximate surface area is 145 Å². The highest BCUT2D eigenvalue weighted by Gasteiger charge is 2.33. The zero-order chi connectivity index (χ0) is 17.1. The average Bonchev–Trinajstić information content (AvgIpc) is 3.38. The number of hydrogen-bond donors (Lipinski definition) is 0. The first-order valence-corrected chi connectivity index (χ1v) is 8.40. The molecule has 0 atom stereocenters. The predicted molar refractivity (Wildman–Crippen MR) is 89.7 cm³/mol. The number of halogens is 3. The van der Waals surface area contributed by atoms with E-state index >= 15 is 0 Å². The lowest BCUT2D eigenvalue weighted by atomic mass is 10.1. The van der Waals surface area contributed by atoms with E-state index in [0.717, 1.165) is 12.8 Å². The van der Waals surface area contributed by atoms with Crippen LogP contribution in [0.5, 0.6) is 0 Å². The van der Waals surface area contributed by atoms with Gasteiger partial charge in [-0.3, -0.25) is 4.79 Å². The molecule has 1 aliphatic carbocycles. The van der Waals surface area contributed by atoms with Gasteiger partial charge in [-0.2, -0.15) is 0 Å². The smallest absolute Gasteiger partial charge is 0.223 e. The van der Waals surface area contributed by atoms with Crippen molar-refractivity contribution in [2.45, 2.75) is 38.3 Å². The maximum Gasteiger partial charge on any atom is 0.223 e. The molecule has 126 valence electrons. The second-order valence-electron chi connectivity index (χ2n) is 6.04. The molecule has 0 aromatic heterocycles. The number of carbonyl (C=O) groups is 1. The molecule has 0 N–H and O–H groups in total. The number of amides is 1. The molecule has 0 aliphatic heterocycles. The molecule has 1 saturated carbocycles. The summed E-state index contributed by atoms with van der Waals surface area (Å²) in [5, 5.41) is 0.322. The van der Waals surface area contributed by atoms with E-state index in [-0.39, 0.29) is 30.7 Å². The van der Waals surface area contributed by atoms with Crippen molar-refractivity contribution in [2.75, 3.05) is 0 Å². The molecule has 0 radical (unpaired) electrons. The van der Waals surface area contributed by atoms with Crippen molar-refractivity contribution < 1.29 is 13.6 Å². The number of hydrogen-bond acceptors (Lipinski definition) is 1. The Morgan fingerprint density at radius 1 is 1.08 bits per heavy atom. The van der Waals surface area contributed by atoms with Crippen LogP contribution in [0.1, 0.15) is 30.4 Å². The maximum atomic E-state index is 14.0. The van der Waals surface area contributed by atoms with E-state index in [0.29, 0.717) is 22.6 Å². The van der Waals surface area contributed by atoms with Crippen LogP contribution in [-0.4, -0.2) is 16.8 Å². The third-order valence-corrected chi connectivity index (χ3v) is 4.62. The van der Waals surface area contributed by atoms with Crippen molar-refractivity contribution in [1.29, 1.82) is 0 Å². The minimum atomic E-state index is -0.407. The Kier molecular flexibility index (Phi) is 5.14. The van der Waals surface area contributed by atoms with Crippen LogP contribution >= 0.6 is 11.6 Å². The standard InChI is InChI=1S/C19H18ClF2NO/c20-16-5-3-7-18(22)15(16)12-23(14-9-10-14)19(24)11-8-13-4-1-2-6-17(13)21/h1-7,14H,8-12H2. The summed E-state index contributed by atoms with van der Waals surface area (Å²) in [5.41, 5.74) is 0.857. The summed E-state index contributed by atoms with van der Waals surface area (Å²) in [6.45, 7) is 0.159. The van der Waals surface area contributed by atoms with Gasteiger partial charge in [-0.15, -0.1) is 0 Å². The van der Waals surface area contributed by atoms with Crippen molar-refractivity contribution in [3.05, 3.63) is 70.2 Å². The molecule has 0 saturated heterocycles. The van der Waals surface area contributed by atoms with E-state index in [1.165, 1.54) is 12.1 Å². The van der Waals surface area contributed by atoms with E-state index in [4.69, 9.17) is 11.6 Å². The number of aryl methyl sites for hydroxylation is 1. The third kappa shape index (κ3) is 3.93. The van der Waals surface area contributed by atoms with Crippen LogP contribution in [0.4, 0.5) is 8.78 Å². The van der Waals surface area contributed by atoms with Crippen molar-refractivity contribution in [3.8, 4) is 0 Å². The molecule has 24 heavy (non-hydrogen) atoms. The van der Waals surface area contributed by atoms with Gasteiger partial charge in [-0.25, -0.2) is 8.78 Å². The van der Waals surface area contributed by atoms with Crippen molar-refractivity contribution in [2.24, 2.45) is 0 Å². The fraction of sp³-hybridized carbons (Fsp3) is 0.316. The fourth-order valence-electron chi connectivity index (χ4n) is 2.75. The normalized spacial score (nSPS) is 13.8. The van der Waals surface area contributed by atoms with Crippen LogP contribution < -0.4 is 0 Å². The van der Waals surface area contributed by atoms with E-state index in [1.54, 1.807) is 35.2 Å². The second kappa shape index (κ2) is 7.31. The lowest BCUT2D eigenvalue weighted by Gasteiger charge is -2.23. The molecule has 0 spiro atoms. The van der Waals surface area contributed by atoms with E-state index < -0.39 is 5.82 Å². The summed E-state index contributed by atoms with van der Waals surface area (Å²) in [7, 11) is 0. The van der Waals surface area contributed by atoms with Gasteiger partial charge >= 0.3 is 0 Å². The number of nitrogens with zero attached hydrogens (tertiary/aromatic N) is 1. The average molecular weight is 350 g/mol. The summed E-state index contributed by atoms with van der Waals surface area (Å²) in [6.07, 6.45) is 2.36. The minimum absolute atomic E-state index is 0.0972. The van der Waals surface area contributed by atoms with Crippen LogP contribution in [0.3, 0.4) is 0 Å². The van der Waals surface area contributed by atoms with E-state index in [2.05, 4.69) is 0 Å². The van der Waals surface area contributed by atoms with Gasteiger partial charge in [0.25, 0.3) is 0 Å². The van der Waals surface area contributed by atoms with Gasteiger partial charge in [0.1, 0.15) is 11.6 Å². The van der Waals surface area contributed by atoms with Crippen LogP contribution in [0.15, 0.2) is 42.5 Å². The first kappa shape index (κ1) is 16.9. The number of benzene rings is 2. The van der Waals surface area contributed by atoms with Crippen LogP contribution in [0.25, 0.3) is 0 Å². The fourth-order valence-corrected chi connectivity index (χ4v) is 2.97. The number of carbonyl (C=O) groups excluding carboxylic acids is 1. The highest BCUT2D eigenvalue weighted by Crippen LogP contribution is 2.31. The van der Waals surface area contributed by atoms with Crippen molar-refractivity contribution in [3.63, 3.8) is 0 Å². The van der Waals surface area contributed by atoms with E-state index in [1.807, 2.05) is 0 Å². The molecule has 0 unspecified atom stereocenters. The lowest BCUT2D eigenvalue weighted by molar-refractivity contribution is -0.132. The molecule has 2 nitrogen and oxygen atoms in total. The highest BCUT2D eigenvalue weighted by atomic mass is 35.5. The third-order valence-electron chi connectivity index (χ3n) is 4.26. The Hall–Kier alpha value is -1.94. The Morgan fingerprint density at radius 2 is 1.79 bits per heavy atom. The largest absolute Gasteiger partial charge is 0.335 e. The molecule has 3 rings (SSSR count). The summed E-state index contributed by atoms with van der Waals surface area (Å²) in [6, 6.07) is 11.1. The monoisotopic (exact) mass is 349 g/mol. The first-order valence-electron chi connectivity index (χ1n) is 8.02. The van der Waals surface area contributed by atoms with Gasteiger partial charge in [-0.05, 0) is 43.0 Å². The van der Waals surface area contributed by atoms with Gasteiger partial charge < -0.3 is 4.90 Å². The Balaban J connectivity index is 1.69. The molecule has 2 aromatic carbocycles.